The molecule has 1 fully saturated rings. The van der Waals surface area contributed by atoms with Gasteiger partial charge in [0.1, 0.15) is 6.54 Å². The highest BCUT2D eigenvalue weighted by Crippen LogP contribution is 2.38. The van der Waals surface area contributed by atoms with Gasteiger partial charge in [0.15, 0.2) is 5.76 Å². The van der Waals surface area contributed by atoms with E-state index in [4.69, 9.17) is 4.42 Å². The van der Waals surface area contributed by atoms with Crippen LogP contribution in [0.25, 0.3) is 0 Å². The highest BCUT2D eigenvalue weighted by atomic mass is 32.1. The first-order chi connectivity index (χ1) is 14.6. The van der Waals surface area contributed by atoms with Gasteiger partial charge in [0.25, 0.3) is 5.91 Å². The third-order valence-electron chi connectivity index (χ3n) is 5.97. The van der Waals surface area contributed by atoms with Crippen molar-refractivity contribution in [3.63, 3.8) is 0 Å². The van der Waals surface area contributed by atoms with Crippen LogP contribution in [0.5, 0.6) is 0 Å². The highest BCUT2D eigenvalue weighted by molar-refractivity contribution is 7.10. The number of aryl methyl sites for hydroxylation is 1. The number of amides is 2. The molecule has 3 aromatic rings. The first kappa shape index (κ1) is 19.1. The van der Waals surface area contributed by atoms with Crippen LogP contribution in [0, 0.1) is 6.92 Å². The predicted octanol–water partition coefficient (Wildman–Crippen LogP) is 4.43. The third-order valence-corrected chi connectivity index (χ3v) is 6.96. The highest BCUT2D eigenvalue weighted by Gasteiger charge is 2.39. The van der Waals surface area contributed by atoms with Gasteiger partial charge in [-0.1, -0.05) is 29.8 Å². The van der Waals surface area contributed by atoms with Gasteiger partial charge in [-0.25, -0.2) is 0 Å². The van der Waals surface area contributed by atoms with Crippen LogP contribution in [0.4, 0.5) is 0 Å². The Hall–Kier alpha value is -2.86. The summed E-state index contributed by atoms with van der Waals surface area (Å²) in [5, 5.41) is 2.11. The molecule has 0 N–H and O–H groups in total. The minimum atomic E-state index is -0.198. The van der Waals surface area contributed by atoms with Gasteiger partial charge in [-0.2, -0.15) is 0 Å². The number of furan rings is 1. The molecule has 1 atom stereocenters. The summed E-state index contributed by atoms with van der Waals surface area (Å²) < 4.78 is 5.30. The Morgan fingerprint density at radius 3 is 2.67 bits per heavy atom. The van der Waals surface area contributed by atoms with Crippen LogP contribution < -0.4 is 0 Å². The van der Waals surface area contributed by atoms with Crippen molar-refractivity contribution in [3.8, 4) is 0 Å². The zero-order valence-electron chi connectivity index (χ0n) is 16.9. The summed E-state index contributed by atoms with van der Waals surface area (Å²) in [6.07, 6.45) is 4.23. The number of thiophene rings is 1. The molecular weight excluding hydrogens is 396 g/mol. The van der Waals surface area contributed by atoms with Gasteiger partial charge >= 0.3 is 0 Å². The van der Waals surface area contributed by atoms with E-state index in [1.165, 1.54) is 22.3 Å². The van der Waals surface area contributed by atoms with Crippen molar-refractivity contribution in [3.05, 3.63) is 81.4 Å². The number of hydrogen-bond acceptors (Lipinski definition) is 4. The molecule has 0 radical (unpaired) electrons. The third kappa shape index (κ3) is 3.56. The van der Waals surface area contributed by atoms with Gasteiger partial charge in [-0.3, -0.25) is 9.59 Å². The standard InChI is InChI=1S/C24H24N2O3S/c1-16-4-6-17(7-5-16)23-19-11-14-30-21(19)10-12-25(23)22(27)15-26(18-8-9-18)24(28)20-3-2-13-29-20/h2-7,11,13-14,18,23H,8-10,12,15H2,1H3/t23-/m0/s1. The molecule has 1 aliphatic heterocycles. The fourth-order valence-electron chi connectivity index (χ4n) is 4.22. The maximum Gasteiger partial charge on any atom is 0.290 e. The lowest BCUT2D eigenvalue weighted by Gasteiger charge is -2.37. The van der Waals surface area contributed by atoms with E-state index in [9.17, 15) is 9.59 Å². The minimum Gasteiger partial charge on any atom is -0.459 e. The molecule has 1 aliphatic carbocycles. The molecule has 1 aromatic carbocycles. The summed E-state index contributed by atoms with van der Waals surface area (Å²) in [6.45, 7) is 2.82. The summed E-state index contributed by atoms with van der Waals surface area (Å²) in [6, 6.07) is 13.9. The molecule has 2 aliphatic rings. The van der Waals surface area contributed by atoms with Crippen molar-refractivity contribution >= 4 is 23.2 Å². The normalized spacial score (nSPS) is 18.2. The summed E-state index contributed by atoms with van der Waals surface area (Å²) in [5.41, 5.74) is 3.52. The smallest absolute Gasteiger partial charge is 0.290 e. The van der Waals surface area contributed by atoms with Gasteiger partial charge in [-0.15, -0.1) is 11.3 Å². The van der Waals surface area contributed by atoms with Crippen molar-refractivity contribution < 1.29 is 14.0 Å². The maximum absolute atomic E-state index is 13.5. The summed E-state index contributed by atoms with van der Waals surface area (Å²) in [5.74, 6) is 0.0868. The molecule has 2 amide bonds. The van der Waals surface area contributed by atoms with Crippen molar-refractivity contribution in [1.82, 2.24) is 9.80 Å². The van der Waals surface area contributed by atoms with Gasteiger partial charge in [0.2, 0.25) is 5.91 Å². The Morgan fingerprint density at radius 1 is 1.17 bits per heavy atom. The quantitative estimate of drug-likeness (QED) is 0.614. The van der Waals surface area contributed by atoms with Gasteiger partial charge in [0.05, 0.1) is 12.3 Å². The van der Waals surface area contributed by atoms with E-state index in [0.717, 1.165) is 24.8 Å². The molecule has 3 heterocycles. The van der Waals surface area contributed by atoms with E-state index < -0.39 is 0 Å². The van der Waals surface area contributed by atoms with Crippen molar-refractivity contribution in [1.29, 1.82) is 0 Å². The Labute approximate surface area is 179 Å². The summed E-state index contributed by atoms with van der Waals surface area (Å²) in [7, 11) is 0. The second kappa shape index (κ2) is 7.76. The zero-order chi connectivity index (χ0) is 20.7. The number of nitrogens with zero attached hydrogens (tertiary/aromatic N) is 2. The van der Waals surface area contributed by atoms with E-state index in [2.05, 4.69) is 42.6 Å². The molecule has 1 saturated carbocycles. The Morgan fingerprint density at radius 2 is 1.97 bits per heavy atom. The van der Waals surface area contributed by atoms with Gasteiger partial charge < -0.3 is 14.2 Å². The number of rotatable bonds is 5. The second-order valence-electron chi connectivity index (χ2n) is 8.09. The average molecular weight is 421 g/mol. The van der Waals surface area contributed by atoms with Gasteiger partial charge in [-0.05, 0) is 60.9 Å². The number of fused-ring (bicyclic) bond motifs is 1. The predicted molar refractivity (Wildman–Crippen MR) is 116 cm³/mol. The zero-order valence-corrected chi connectivity index (χ0v) is 17.7. The largest absolute Gasteiger partial charge is 0.459 e. The van der Waals surface area contributed by atoms with E-state index in [1.54, 1.807) is 28.4 Å². The van der Waals surface area contributed by atoms with Crippen LogP contribution in [0.15, 0.2) is 58.5 Å². The number of carbonyl (C=O) groups excluding carboxylic acids is 2. The van der Waals surface area contributed by atoms with E-state index >= 15 is 0 Å². The van der Waals surface area contributed by atoms with Gasteiger partial charge in [0, 0.05) is 17.5 Å². The van der Waals surface area contributed by atoms with Crippen LogP contribution in [-0.4, -0.2) is 40.7 Å². The van der Waals surface area contributed by atoms with Crippen LogP contribution in [0.1, 0.15) is 51.0 Å². The Kier molecular flexibility index (Phi) is 4.95. The summed E-state index contributed by atoms with van der Waals surface area (Å²) in [4.78, 5) is 31.4. The molecular formula is C24H24N2O3S. The lowest BCUT2D eigenvalue weighted by molar-refractivity contribution is -0.134. The SMILES string of the molecule is Cc1ccc([C@H]2c3ccsc3CCN2C(=O)CN(C(=O)c2ccco2)C2CC2)cc1. The molecule has 0 saturated heterocycles. The van der Waals surface area contributed by atoms with Crippen LogP contribution >= 0.6 is 11.3 Å². The molecule has 0 spiro atoms. The fraction of sp³-hybridized carbons (Fsp3) is 0.333. The number of benzene rings is 1. The molecule has 0 bridgehead atoms. The van der Waals surface area contributed by atoms with Crippen LogP contribution in [0.2, 0.25) is 0 Å². The van der Waals surface area contributed by atoms with Crippen molar-refractivity contribution in [2.45, 2.75) is 38.3 Å². The average Bonchev–Trinajstić information content (AvgIpc) is 3.24. The summed E-state index contributed by atoms with van der Waals surface area (Å²) >= 11 is 1.76. The van der Waals surface area contributed by atoms with Crippen LogP contribution in [0.3, 0.4) is 0 Å². The molecule has 5 rings (SSSR count). The van der Waals surface area contributed by atoms with E-state index in [1.807, 2.05) is 4.90 Å². The molecule has 154 valence electrons. The molecule has 30 heavy (non-hydrogen) atoms. The number of hydrogen-bond donors (Lipinski definition) is 0. The van der Waals surface area contributed by atoms with Crippen molar-refractivity contribution in [2.24, 2.45) is 0 Å². The molecule has 5 nitrogen and oxygen atoms in total. The Balaban J connectivity index is 1.43. The topological polar surface area (TPSA) is 53.8 Å². The monoisotopic (exact) mass is 420 g/mol. The first-order valence-electron chi connectivity index (χ1n) is 10.4. The number of carbonyl (C=O) groups is 2. The molecule has 0 unspecified atom stereocenters. The maximum atomic E-state index is 13.5. The van der Waals surface area contributed by atoms with E-state index in [-0.39, 0.29) is 30.4 Å². The Bertz CT molecular complexity index is 1050. The van der Waals surface area contributed by atoms with Crippen LogP contribution in [-0.2, 0) is 11.2 Å². The van der Waals surface area contributed by atoms with Crippen molar-refractivity contribution in [2.75, 3.05) is 13.1 Å². The van der Waals surface area contributed by atoms with E-state index in [0.29, 0.717) is 12.3 Å². The fourth-order valence-corrected chi connectivity index (χ4v) is 5.13. The first-order valence-corrected chi connectivity index (χ1v) is 11.3. The minimum absolute atomic E-state index is 0.00997. The lowest BCUT2D eigenvalue weighted by atomic mass is 9.92. The lowest BCUT2D eigenvalue weighted by Crippen LogP contribution is -2.47. The molecule has 6 heteroatoms. The second-order valence-corrected chi connectivity index (χ2v) is 9.09. The molecule has 2 aromatic heterocycles.